The Labute approximate surface area is 85.9 Å². The molecule has 0 N–H and O–H groups in total. The molecular formula is C10H9NO2S. The average Bonchev–Trinajstić information content (AvgIpc) is 2.87. The van der Waals surface area contributed by atoms with E-state index in [0.717, 1.165) is 17.7 Å². The predicted molar refractivity (Wildman–Crippen MR) is 52.2 cm³/mol. The van der Waals surface area contributed by atoms with Crippen LogP contribution in [0.2, 0.25) is 0 Å². The molecule has 0 spiro atoms. The molecular weight excluding hydrogens is 198 g/mol. The van der Waals surface area contributed by atoms with Crippen LogP contribution in [0.15, 0.2) is 11.4 Å². The molecule has 1 aliphatic rings. The van der Waals surface area contributed by atoms with Crippen LogP contribution in [-0.2, 0) is 10.2 Å². The van der Waals surface area contributed by atoms with Crippen LogP contribution in [0.5, 0.6) is 0 Å². The molecule has 14 heavy (non-hydrogen) atoms. The lowest BCUT2D eigenvalue weighted by molar-refractivity contribution is 0.0601. The fourth-order valence-electron chi connectivity index (χ4n) is 1.35. The minimum atomic E-state index is -0.332. The zero-order chi connectivity index (χ0) is 10.2. The summed E-state index contributed by atoms with van der Waals surface area (Å²) in [6, 6.07) is 4.07. The Kier molecular flexibility index (Phi) is 2.05. The SMILES string of the molecule is COC(=O)c1csc(C2(C#N)CC2)c1. The van der Waals surface area contributed by atoms with Gasteiger partial charge in [0.05, 0.1) is 24.2 Å². The molecule has 1 aromatic heterocycles. The Morgan fingerprint density at radius 1 is 1.71 bits per heavy atom. The molecule has 0 aliphatic heterocycles. The number of thiophene rings is 1. The molecule has 2 rings (SSSR count). The van der Waals surface area contributed by atoms with Gasteiger partial charge in [-0.15, -0.1) is 11.3 Å². The lowest BCUT2D eigenvalue weighted by Gasteiger charge is -1.98. The van der Waals surface area contributed by atoms with E-state index in [1.165, 1.54) is 18.4 Å². The van der Waals surface area contributed by atoms with E-state index >= 15 is 0 Å². The van der Waals surface area contributed by atoms with Crippen molar-refractivity contribution in [3.8, 4) is 6.07 Å². The zero-order valence-corrected chi connectivity index (χ0v) is 8.56. The van der Waals surface area contributed by atoms with E-state index in [1.807, 2.05) is 0 Å². The third kappa shape index (κ3) is 1.30. The number of esters is 1. The molecule has 1 aromatic rings. The summed E-state index contributed by atoms with van der Waals surface area (Å²) in [4.78, 5) is 12.2. The maximum atomic E-state index is 11.2. The maximum Gasteiger partial charge on any atom is 0.338 e. The van der Waals surface area contributed by atoms with Crippen LogP contribution in [0.25, 0.3) is 0 Å². The van der Waals surface area contributed by atoms with E-state index in [9.17, 15) is 4.79 Å². The second kappa shape index (κ2) is 3.10. The molecule has 0 bridgehead atoms. The van der Waals surface area contributed by atoms with Crippen LogP contribution in [-0.4, -0.2) is 13.1 Å². The third-order valence-electron chi connectivity index (χ3n) is 2.46. The van der Waals surface area contributed by atoms with Crippen molar-refractivity contribution in [1.29, 1.82) is 5.26 Å². The highest BCUT2D eigenvalue weighted by atomic mass is 32.1. The number of carbonyl (C=O) groups is 1. The Morgan fingerprint density at radius 2 is 2.43 bits per heavy atom. The fraction of sp³-hybridized carbons (Fsp3) is 0.400. The number of ether oxygens (including phenoxy) is 1. The maximum absolute atomic E-state index is 11.2. The second-order valence-electron chi connectivity index (χ2n) is 3.39. The van der Waals surface area contributed by atoms with E-state index < -0.39 is 0 Å². The molecule has 0 radical (unpaired) electrons. The van der Waals surface area contributed by atoms with Crippen LogP contribution in [0.1, 0.15) is 28.1 Å². The van der Waals surface area contributed by atoms with Gasteiger partial charge in [-0.25, -0.2) is 4.79 Å². The van der Waals surface area contributed by atoms with Crippen molar-refractivity contribution < 1.29 is 9.53 Å². The Bertz CT molecular complexity index is 412. The lowest BCUT2D eigenvalue weighted by Crippen LogP contribution is -2.01. The monoisotopic (exact) mass is 207 g/mol. The minimum absolute atomic E-state index is 0.295. The van der Waals surface area contributed by atoms with Gasteiger partial charge in [0.1, 0.15) is 0 Å². The van der Waals surface area contributed by atoms with Gasteiger partial charge in [0.15, 0.2) is 0 Å². The normalized spacial score (nSPS) is 17.1. The average molecular weight is 207 g/mol. The van der Waals surface area contributed by atoms with Gasteiger partial charge in [0.25, 0.3) is 0 Å². The number of nitrogens with zero attached hydrogens (tertiary/aromatic N) is 1. The number of carbonyl (C=O) groups excluding carboxylic acids is 1. The van der Waals surface area contributed by atoms with Crippen LogP contribution in [0.3, 0.4) is 0 Å². The van der Waals surface area contributed by atoms with Crippen molar-refractivity contribution in [1.82, 2.24) is 0 Å². The smallest absolute Gasteiger partial charge is 0.338 e. The molecule has 0 unspecified atom stereocenters. The van der Waals surface area contributed by atoms with Crippen molar-refractivity contribution in [2.75, 3.05) is 7.11 Å². The summed E-state index contributed by atoms with van der Waals surface area (Å²) < 4.78 is 4.60. The van der Waals surface area contributed by atoms with Crippen molar-refractivity contribution in [2.24, 2.45) is 0 Å². The highest BCUT2D eigenvalue weighted by Crippen LogP contribution is 2.49. The summed E-state index contributed by atoms with van der Waals surface area (Å²) in [6.45, 7) is 0. The van der Waals surface area contributed by atoms with Crippen LogP contribution < -0.4 is 0 Å². The first-order valence-electron chi connectivity index (χ1n) is 4.30. The van der Waals surface area contributed by atoms with Gasteiger partial charge in [0, 0.05) is 10.3 Å². The van der Waals surface area contributed by atoms with Crippen molar-refractivity contribution in [2.45, 2.75) is 18.3 Å². The van der Waals surface area contributed by atoms with Crippen molar-refractivity contribution >= 4 is 17.3 Å². The summed E-state index contributed by atoms with van der Waals surface area (Å²) in [5.41, 5.74) is 0.255. The fourth-order valence-corrected chi connectivity index (χ4v) is 2.44. The van der Waals surface area contributed by atoms with Gasteiger partial charge in [-0.05, 0) is 18.9 Å². The number of nitriles is 1. The van der Waals surface area contributed by atoms with Crippen molar-refractivity contribution in [3.63, 3.8) is 0 Å². The summed E-state index contributed by atoms with van der Waals surface area (Å²) in [5, 5.41) is 10.7. The summed E-state index contributed by atoms with van der Waals surface area (Å²) in [5.74, 6) is -0.332. The van der Waals surface area contributed by atoms with E-state index in [0.29, 0.717) is 5.56 Å². The number of methoxy groups -OCH3 is 1. The largest absolute Gasteiger partial charge is 0.465 e. The lowest BCUT2D eigenvalue weighted by atomic mass is 10.1. The van der Waals surface area contributed by atoms with Gasteiger partial charge in [-0.2, -0.15) is 5.26 Å². The third-order valence-corrected chi connectivity index (χ3v) is 3.59. The first kappa shape index (κ1) is 9.22. The van der Waals surface area contributed by atoms with Gasteiger partial charge >= 0.3 is 5.97 Å². The molecule has 1 saturated carbocycles. The number of hydrogen-bond acceptors (Lipinski definition) is 4. The summed E-state index contributed by atoms with van der Waals surface area (Å²) in [6.07, 6.45) is 1.81. The number of hydrogen-bond donors (Lipinski definition) is 0. The Hall–Kier alpha value is -1.34. The molecule has 0 amide bonds. The molecule has 4 heteroatoms. The number of rotatable bonds is 2. The summed E-state index contributed by atoms with van der Waals surface area (Å²) >= 11 is 1.46. The summed E-state index contributed by atoms with van der Waals surface area (Å²) in [7, 11) is 1.36. The van der Waals surface area contributed by atoms with E-state index in [4.69, 9.17) is 5.26 Å². The molecule has 1 aliphatic carbocycles. The quantitative estimate of drug-likeness (QED) is 0.698. The first-order chi connectivity index (χ1) is 6.72. The minimum Gasteiger partial charge on any atom is -0.465 e. The Morgan fingerprint density at radius 3 is 2.93 bits per heavy atom. The standard InChI is InChI=1S/C10H9NO2S/c1-13-9(12)7-4-8(14-5-7)10(6-11)2-3-10/h4-5H,2-3H2,1H3. The predicted octanol–water partition coefficient (Wildman–Crippen LogP) is 2.09. The van der Waals surface area contributed by atoms with Crippen molar-refractivity contribution in [3.05, 3.63) is 21.9 Å². The van der Waals surface area contributed by atoms with Gasteiger partial charge in [0.2, 0.25) is 0 Å². The second-order valence-corrected chi connectivity index (χ2v) is 4.30. The molecule has 0 saturated heterocycles. The van der Waals surface area contributed by atoms with Crippen LogP contribution >= 0.6 is 11.3 Å². The van der Waals surface area contributed by atoms with Crippen LogP contribution in [0, 0.1) is 11.3 Å². The molecule has 0 aromatic carbocycles. The van der Waals surface area contributed by atoms with Gasteiger partial charge in [-0.1, -0.05) is 0 Å². The Balaban J connectivity index is 2.27. The van der Waals surface area contributed by atoms with Gasteiger partial charge in [-0.3, -0.25) is 0 Å². The molecule has 1 fully saturated rings. The van der Waals surface area contributed by atoms with Gasteiger partial charge < -0.3 is 4.74 Å². The highest BCUT2D eigenvalue weighted by molar-refractivity contribution is 7.10. The molecule has 3 nitrogen and oxygen atoms in total. The van der Waals surface area contributed by atoms with E-state index in [1.54, 1.807) is 11.4 Å². The first-order valence-corrected chi connectivity index (χ1v) is 5.18. The van der Waals surface area contributed by atoms with Crippen LogP contribution in [0.4, 0.5) is 0 Å². The topological polar surface area (TPSA) is 50.1 Å². The molecule has 72 valence electrons. The van der Waals surface area contributed by atoms with E-state index in [2.05, 4.69) is 10.8 Å². The van der Waals surface area contributed by atoms with E-state index in [-0.39, 0.29) is 11.4 Å². The molecule has 1 heterocycles. The molecule has 0 atom stereocenters. The highest BCUT2D eigenvalue weighted by Gasteiger charge is 2.46. The zero-order valence-electron chi connectivity index (χ0n) is 7.74.